The van der Waals surface area contributed by atoms with Crippen molar-refractivity contribution in [3.63, 3.8) is 0 Å². The summed E-state index contributed by atoms with van der Waals surface area (Å²) in [6.07, 6.45) is 13.0. The fourth-order valence-electron chi connectivity index (χ4n) is 2.88. The average Bonchev–Trinajstić information content (AvgIpc) is 2.58. The summed E-state index contributed by atoms with van der Waals surface area (Å²) in [5.41, 5.74) is -0.0514. The van der Waals surface area contributed by atoms with E-state index >= 15 is 0 Å². The van der Waals surface area contributed by atoms with Gasteiger partial charge in [0.2, 0.25) is 0 Å². The predicted octanol–water partition coefficient (Wildman–Crippen LogP) is 3.63. The first-order valence-electron chi connectivity index (χ1n) is 7.59. The maximum absolute atomic E-state index is 9.62. The topological polar surface area (TPSA) is 32.3 Å². The van der Waals surface area contributed by atoms with Crippen LogP contribution in [0.4, 0.5) is 0 Å². The molecule has 1 saturated carbocycles. The highest BCUT2D eigenvalue weighted by molar-refractivity contribution is 4.86. The van der Waals surface area contributed by atoms with Crippen molar-refractivity contribution in [3.05, 3.63) is 0 Å². The van der Waals surface area contributed by atoms with E-state index in [-0.39, 0.29) is 12.1 Å². The number of unbranched alkanes of at least 4 members (excludes halogenated alkanes) is 2. The van der Waals surface area contributed by atoms with E-state index in [2.05, 4.69) is 19.2 Å². The van der Waals surface area contributed by atoms with Crippen molar-refractivity contribution < 1.29 is 5.11 Å². The van der Waals surface area contributed by atoms with Crippen LogP contribution in [0.5, 0.6) is 0 Å². The molecule has 0 aromatic carbocycles. The zero-order valence-electron chi connectivity index (χ0n) is 11.8. The van der Waals surface area contributed by atoms with Gasteiger partial charge in [-0.25, -0.2) is 0 Å². The molecule has 1 unspecified atom stereocenters. The smallest absolute Gasteiger partial charge is 0.0610 e. The summed E-state index contributed by atoms with van der Waals surface area (Å²) in [5.74, 6) is 0. The van der Waals surface area contributed by atoms with Gasteiger partial charge < -0.3 is 10.4 Å². The first kappa shape index (κ1) is 15.0. The second-order valence-corrected chi connectivity index (χ2v) is 6.01. The molecule has 1 atom stereocenters. The Hall–Kier alpha value is -0.0800. The molecule has 2 nitrogen and oxygen atoms in total. The zero-order chi connectivity index (χ0) is 12.6. The van der Waals surface area contributed by atoms with Gasteiger partial charge in [-0.2, -0.15) is 0 Å². The number of rotatable bonds is 7. The van der Waals surface area contributed by atoms with Gasteiger partial charge in [0, 0.05) is 11.6 Å². The molecule has 1 aliphatic rings. The Morgan fingerprint density at radius 3 is 2.29 bits per heavy atom. The Bertz CT molecular complexity index is 187. The van der Waals surface area contributed by atoms with E-state index in [0.717, 1.165) is 6.42 Å². The summed E-state index contributed by atoms with van der Waals surface area (Å²) in [6, 6.07) is 0.635. The SMILES string of the molecule is CCCCCC(C)(CO)NC1CCCCCC1. The quantitative estimate of drug-likeness (QED) is 0.527. The minimum atomic E-state index is -0.0514. The number of nitrogens with one attached hydrogen (secondary N) is 1. The second-order valence-electron chi connectivity index (χ2n) is 6.01. The zero-order valence-corrected chi connectivity index (χ0v) is 11.8. The summed E-state index contributed by atoms with van der Waals surface area (Å²) in [6.45, 7) is 4.69. The van der Waals surface area contributed by atoms with Crippen LogP contribution in [0.2, 0.25) is 0 Å². The molecule has 0 heterocycles. The molecular formula is C15H31NO. The molecule has 0 spiro atoms. The van der Waals surface area contributed by atoms with Crippen molar-refractivity contribution >= 4 is 0 Å². The van der Waals surface area contributed by atoms with E-state index in [1.165, 1.54) is 57.8 Å². The van der Waals surface area contributed by atoms with Crippen molar-refractivity contribution in [2.75, 3.05) is 6.61 Å². The molecule has 0 bridgehead atoms. The molecule has 0 aliphatic heterocycles. The standard InChI is InChI=1S/C15H31NO/c1-3-4-9-12-15(2,13-17)16-14-10-7-5-6-8-11-14/h14,16-17H,3-13H2,1-2H3. The lowest BCUT2D eigenvalue weighted by atomic mass is 9.93. The van der Waals surface area contributed by atoms with Crippen LogP contribution in [0.25, 0.3) is 0 Å². The Kier molecular flexibility index (Phi) is 7.14. The van der Waals surface area contributed by atoms with E-state index < -0.39 is 0 Å². The molecule has 17 heavy (non-hydrogen) atoms. The minimum absolute atomic E-state index is 0.0514. The van der Waals surface area contributed by atoms with E-state index in [1.54, 1.807) is 0 Å². The van der Waals surface area contributed by atoms with E-state index in [9.17, 15) is 5.11 Å². The van der Waals surface area contributed by atoms with Gasteiger partial charge in [0.15, 0.2) is 0 Å². The molecule has 1 fully saturated rings. The van der Waals surface area contributed by atoms with E-state index in [1.807, 2.05) is 0 Å². The van der Waals surface area contributed by atoms with Crippen LogP contribution >= 0.6 is 0 Å². The van der Waals surface area contributed by atoms with Gasteiger partial charge in [-0.1, -0.05) is 51.9 Å². The molecule has 1 aliphatic carbocycles. The molecule has 2 N–H and O–H groups in total. The lowest BCUT2D eigenvalue weighted by Gasteiger charge is -2.33. The highest BCUT2D eigenvalue weighted by Gasteiger charge is 2.26. The number of hydrogen-bond acceptors (Lipinski definition) is 2. The van der Waals surface area contributed by atoms with Crippen molar-refractivity contribution in [2.24, 2.45) is 0 Å². The molecule has 0 saturated heterocycles. The third-order valence-electron chi connectivity index (χ3n) is 4.09. The predicted molar refractivity (Wildman–Crippen MR) is 74.3 cm³/mol. The van der Waals surface area contributed by atoms with Gasteiger partial charge in [0.25, 0.3) is 0 Å². The van der Waals surface area contributed by atoms with Gasteiger partial charge in [-0.05, 0) is 26.2 Å². The maximum atomic E-state index is 9.62. The molecule has 0 aromatic rings. The Labute approximate surface area is 107 Å². The Morgan fingerprint density at radius 1 is 1.12 bits per heavy atom. The maximum Gasteiger partial charge on any atom is 0.0610 e. The van der Waals surface area contributed by atoms with Crippen LogP contribution in [0, 0.1) is 0 Å². The Balaban J connectivity index is 2.36. The van der Waals surface area contributed by atoms with Crippen LogP contribution in [0.1, 0.15) is 78.1 Å². The van der Waals surface area contributed by atoms with Gasteiger partial charge in [-0.15, -0.1) is 0 Å². The van der Waals surface area contributed by atoms with Crippen molar-refractivity contribution in [1.29, 1.82) is 0 Å². The number of aliphatic hydroxyl groups is 1. The summed E-state index contributed by atoms with van der Waals surface area (Å²) in [5, 5.41) is 13.4. The van der Waals surface area contributed by atoms with Gasteiger partial charge in [0.05, 0.1) is 6.61 Å². The largest absolute Gasteiger partial charge is 0.394 e. The summed E-state index contributed by atoms with van der Waals surface area (Å²) in [7, 11) is 0. The minimum Gasteiger partial charge on any atom is -0.394 e. The first-order chi connectivity index (χ1) is 8.20. The van der Waals surface area contributed by atoms with Crippen LogP contribution in [-0.4, -0.2) is 23.3 Å². The first-order valence-corrected chi connectivity index (χ1v) is 7.59. The fourth-order valence-corrected chi connectivity index (χ4v) is 2.88. The molecule has 102 valence electrons. The van der Waals surface area contributed by atoms with Crippen LogP contribution < -0.4 is 5.32 Å². The van der Waals surface area contributed by atoms with Crippen molar-refractivity contribution in [2.45, 2.75) is 89.6 Å². The van der Waals surface area contributed by atoms with Gasteiger partial charge >= 0.3 is 0 Å². The van der Waals surface area contributed by atoms with Crippen LogP contribution in [0.3, 0.4) is 0 Å². The fraction of sp³-hybridized carbons (Fsp3) is 1.00. The summed E-state index contributed by atoms with van der Waals surface area (Å²) < 4.78 is 0. The number of hydrogen-bond donors (Lipinski definition) is 2. The molecule has 0 amide bonds. The third-order valence-corrected chi connectivity index (χ3v) is 4.09. The monoisotopic (exact) mass is 241 g/mol. The van der Waals surface area contributed by atoms with E-state index in [0.29, 0.717) is 6.04 Å². The lowest BCUT2D eigenvalue weighted by molar-refractivity contribution is 0.145. The molecule has 0 radical (unpaired) electrons. The molecule has 1 rings (SSSR count). The van der Waals surface area contributed by atoms with E-state index in [4.69, 9.17) is 0 Å². The highest BCUT2D eigenvalue weighted by atomic mass is 16.3. The summed E-state index contributed by atoms with van der Waals surface area (Å²) >= 11 is 0. The van der Waals surface area contributed by atoms with Gasteiger partial charge in [-0.3, -0.25) is 0 Å². The third kappa shape index (κ3) is 5.87. The molecule has 2 heteroatoms. The van der Waals surface area contributed by atoms with Crippen LogP contribution in [-0.2, 0) is 0 Å². The molecular weight excluding hydrogens is 210 g/mol. The average molecular weight is 241 g/mol. The number of aliphatic hydroxyl groups excluding tert-OH is 1. The Morgan fingerprint density at radius 2 is 1.76 bits per heavy atom. The van der Waals surface area contributed by atoms with Crippen molar-refractivity contribution in [1.82, 2.24) is 5.32 Å². The summed E-state index contributed by atoms with van der Waals surface area (Å²) in [4.78, 5) is 0. The normalized spacial score (nSPS) is 22.1. The highest BCUT2D eigenvalue weighted by Crippen LogP contribution is 2.22. The van der Waals surface area contributed by atoms with Crippen LogP contribution in [0.15, 0.2) is 0 Å². The molecule has 0 aromatic heterocycles. The second kappa shape index (κ2) is 8.10. The van der Waals surface area contributed by atoms with Gasteiger partial charge in [0.1, 0.15) is 0 Å². The van der Waals surface area contributed by atoms with Crippen molar-refractivity contribution in [3.8, 4) is 0 Å². The lowest BCUT2D eigenvalue weighted by Crippen LogP contribution is -2.50.